The Morgan fingerprint density at radius 2 is 2.00 bits per heavy atom. The van der Waals surface area contributed by atoms with Gasteiger partial charge in [-0.15, -0.1) is 0 Å². The van der Waals surface area contributed by atoms with Crippen LogP contribution in [0.4, 0.5) is 4.39 Å². The van der Waals surface area contributed by atoms with E-state index in [1.165, 1.54) is 6.07 Å². The summed E-state index contributed by atoms with van der Waals surface area (Å²) in [7, 11) is 0. The molecule has 0 aliphatic rings. The smallest absolute Gasteiger partial charge is 0.142 e. The summed E-state index contributed by atoms with van der Waals surface area (Å²) in [5, 5.41) is 0.128. The second kappa shape index (κ2) is 6.34. The van der Waals surface area contributed by atoms with Gasteiger partial charge in [-0.2, -0.15) is 0 Å². The quantitative estimate of drug-likeness (QED) is 0.849. The molecule has 0 bridgehead atoms. The highest BCUT2D eigenvalue weighted by Gasteiger charge is 2.20. The molecular weight excluding hydrogens is 241 g/mol. The minimum Gasteiger partial charge on any atom is -0.375 e. The minimum atomic E-state index is -0.419. The van der Waals surface area contributed by atoms with E-state index in [1.54, 1.807) is 12.1 Å². The van der Waals surface area contributed by atoms with Crippen LogP contribution in [0, 0.1) is 5.82 Å². The molecule has 0 aliphatic heterocycles. The predicted molar refractivity (Wildman–Crippen MR) is 68.6 cm³/mol. The van der Waals surface area contributed by atoms with Gasteiger partial charge < -0.3 is 10.5 Å². The number of ether oxygens (including phenoxy) is 1. The molecule has 0 saturated carbocycles. The van der Waals surface area contributed by atoms with Crippen LogP contribution in [0.25, 0.3) is 0 Å². The molecule has 0 heterocycles. The lowest BCUT2D eigenvalue weighted by Crippen LogP contribution is -2.43. The highest BCUT2D eigenvalue weighted by molar-refractivity contribution is 6.31. The molecule has 0 fully saturated rings. The van der Waals surface area contributed by atoms with Crippen LogP contribution in [0.3, 0.4) is 0 Å². The van der Waals surface area contributed by atoms with E-state index in [9.17, 15) is 4.39 Å². The molecule has 1 rings (SSSR count). The van der Waals surface area contributed by atoms with Crippen molar-refractivity contribution in [1.29, 1.82) is 0 Å². The van der Waals surface area contributed by atoms with Crippen molar-refractivity contribution < 1.29 is 9.13 Å². The van der Waals surface area contributed by atoms with Crippen LogP contribution < -0.4 is 5.73 Å². The molecule has 0 saturated heterocycles. The normalized spacial score (nSPS) is 11.8. The van der Waals surface area contributed by atoms with E-state index in [-0.39, 0.29) is 17.2 Å². The Bertz CT molecular complexity index is 366. The summed E-state index contributed by atoms with van der Waals surface area (Å²) >= 11 is 5.82. The molecule has 0 radical (unpaired) electrons. The van der Waals surface area contributed by atoms with Gasteiger partial charge in [0.2, 0.25) is 0 Å². The summed E-state index contributed by atoms with van der Waals surface area (Å²) in [4.78, 5) is 0. The largest absolute Gasteiger partial charge is 0.375 e. The van der Waals surface area contributed by atoms with Crippen LogP contribution >= 0.6 is 11.6 Å². The fourth-order valence-electron chi connectivity index (χ4n) is 1.48. The number of halogens is 2. The first kappa shape index (κ1) is 14.4. The second-order valence-electron chi connectivity index (χ2n) is 4.28. The Balaban J connectivity index is 2.54. The first-order valence-corrected chi connectivity index (χ1v) is 6.19. The standard InChI is InChI=1S/C13H19ClFNO/c1-3-13(16,4-2)9-17-8-10-6-5-7-11(15)12(10)14/h5-7H,3-4,8-9,16H2,1-2H3. The van der Waals surface area contributed by atoms with Crippen molar-refractivity contribution in [2.45, 2.75) is 38.8 Å². The fourth-order valence-corrected chi connectivity index (χ4v) is 1.66. The third kappa shape index (κ3) is 3.95. The maximum absolute atomic E-state index is 13.2. The Morgan fingerprint density at radius 1 is 1.35 bits per heavy atom. The van der Waals surface area contributed by atoms with Crippen LogP contribution in [0.15, 0.2) is 18.2 Å². The summed E-state index contributed by atoms with van der Waals surface area (Å²) in [6.45, 7) is 4.80. The highest BCUT2D eigenvalue weighted by atomic mass is 35.5. The lowest BCUT2D eigenvalue weighted by Gasteiger charge is -2.26. The van der Waals surface area contributed by atoms with Crippen molar-refractivity contribution in [3.8, 4) is 0 Å². The Labute approximate surface area is 107 Å². The minimum absolute atomic E-state index is 0.128. The predicted octanol–water partition coefficient (Wildman–Crippen LogP) is 3.51. The van der Waals surface area contributed by atoms with Crippen LogP contribution in [0.1, 0.15) is 32.3 Å². The summed E-state index contributed by atoms with van der Waals surface area (Å²) in [5.74, 6) is -0.419. The molecule has 0 atom stereocenters. The molecule has 96 valence electrons. The zero-order valence-electron chi connectivity index (χ0n) is 10.3. The zero-order valence-corrected chi connectivity index (χ0v) is 11.1. The SMILES string of the molecule is CCC(N)(CC)COCc1cccc(F)c1Cl. The first-order chi connectivity index (χ1) is 8.02. The van der Waals surface area contributed by atoms with E-state index in [2.05, 4.69) is 0 Å². The monoisotopic (exact) mass is 259 g/mol. The van der Waals surface area contributed by atoms with Gasteiger partial charge in [-0.05, 0) is 24.5 Å². The first-order valence-electron chi connectivity index (χ1n) is 5.82. The maximum Gasteiger partial charge on any atom is 0.142 e. The van der Waals surface area contributed by atoms with E-state index in [1.807, 2.05) is 13.8 Å². The van der Waals surface area contributed by atoms with E-state index >= 15 is 0 Å². The third-order valence-electron chi connectivity index (χ3n) is 3.09. The van der Waals surface area contributed by atoms with E-state index < -0.39 is 5.82 Å². The second-order valence-corrected chi connectivity index (χ2v) is 4.65. The van der Waals surface area contributed by atoms with Gasteiger partial charge in [0.15, 0.2) is 0 Å². The van der Waals surface area contributed by atoms with Crippen molar-refractivity contribution in [2.75, 3.05) is 6.61 Å². The molecule has 17 heavy (non-hydrogen) atoms. The van der Waals surface area contributed by atoms with Crippen molar-refractivity contribution in [3.05, 3.63) is 34.6 Å². The molecule has 2 N–H and O–H groups in total. The highest BCUT2D eigenvalue weighted by Crippen LogP contribution is 2.21. The van der Waals surface area contributed by atoms with Crippen molar-refractivity contribution in [2.24, 2.45) is 5.73 Å². The number of hydrogen-bond donors (Lipinski definition) is 1. The molecule has 0 aliphatic carbocycles. The average molecular weight is 260 g/mol. The maximum atomic E-state index is 13.2. The lowest BCUT2D eigenvalue weighted by atomic mass is 9.96. The van der Waals surface area contributed by atoms with Gasteiger partial charge in [-0.3, -0.25) is 0 Å². The Hall–Kier alpha value is -0.640. The molecule has 2 nitrogen and oxygen atoms in total. The molecule has 0 unspecified atom stereocenters. The zero-order chi connectivity index (χ0) is 12.9. The van der Waals surface area contributed by atoms with Gasteiger partial charge in [-0.1, -0.05) is 37.6 Å². The van der Waals surface area contributed by atoms with Crippen molar-refractivity contribution in [1.82, 2.24) is 0 Å². The van der Waals surface area contributed by atoms with Crippen LogP contribution in [0.5, 0.6) is 0 Å². The number of nitrogens with two attached hydrogens (primary N) is 1. The Morgan fingerprint density at radius 3 is 2.59 bits per heavy atom. The van der Waals surface area contributed by atoms with Gasteiger partial charge in [-0.25, -0.2) is 4.39 Å². The van der Waals surface area contributed by atoms with Gasteiger partial charge >= 0.3 is 0 Å². The van der Waals surface area contributed by atoms with Gasteiger partial charge in [0.1, 0.15) is 5.82 Å². The van der Waals surface area contributed by atoms with E-state index in [0.29, 0.717) is 12.2 Å². The molecule has 4 heteroatoms. The summed E-state index contributed by atoms with van der Waals surface area (Å²) < 4.78 is 18.7. The van der Waals surface area contributed by atoms with Crippen LogP contribution in [-0.2, 0) is 11.3 Å². The van der Waals surface area contributed by atoms with Gasteiger partial charge in [0.25, 0.3) is 0 Å². The van der Waals surface area contributed by atoms with Crippen LogP contribution in [0.2, 0.25) is 5.02 Å². The van der Waals surface area contributed by atoms with E-state index in [0.717, 1.165) is 12.8 Å². The number of benzene rings is 1. The van der Waals surface area contributed by atoms with Crippen LogP contribution in [-0.4, -0.2) is 12.1 Å². The molecular formula is C13H19ClFNO. The number of rotatable bonds is 6. The van der Waals surface area contributed by atoms with Crippen molar-refractivity contribution >= 4 is 11.6 Å². The Kier molecular flexibility index (Phi) is 5.37. The molecule has 0 spiro atoms. The molecule has 1 aromatic rings. The van der Waals surface area contributed by atoms with E-state index in [4.69, 9.17) is 22.1 Å². The summed E-state index contributed by atoms with van der Waals surface area (Å²) in [5.41, 5.74) is 6.44. The molecule has 0 aromatic heterocycles. The van der Waals surface area contributed by atoms with Gasteiger partial charge in [0, 0.05) is 5.54 Å². The number of hydrogen-bond acceptors (Lipinski definition) is 2. The average Bonchev–Trinajstić information content (AvgIpc) is 2.34. The summed E-state index contributed by atoms with van der Waals surface area (Å²) in [6.07, 6.45) is 1.70. The molecule has 0 amide bonds. The fraction of sp³-hybridized carbons (Fsp3) is 0.538. The van der Waals surface area contributed by atoms with Crippen molar-refractivity contribution in [3.63, 3.8) is 0 Å². The lowest BCUT2D eigenvalue weighted by molar-refractivity contribution is 0.0695. The van der Waals surface area contributed by atoms with Gasteiger partial charge in [0.05, 0.1) is 18.2 Å². The summed E-state index contributed by atoms with van der Waals surface area (Å²) in [6, 6.07) is 4.70. The topological polar surface area (TPSA) is 35.2 Å². The molecule has 1 aromatic carbocycles. The third-order valence-corrected chi connectivity index (χ3v) is 3.51.